The minimum Gasteiger partial charge on any atom is -0.350 e. The number of aromatic amines is 1. The molecule has 0 atom stereocenters. The Kier molecular flexibility index (Phi) is 3.80. The van der Waals surface area contributed by atoms with Crippen LogP contribution in [0.5, 0.6) is 0 Å². The number of nitrogens with zero attached hydrogens (tertiary/aromatic N) is 2. The lowest BCUT2D eigenvalue weighted by Gasteiger charge is -2.04. The molecule has 0 fully saturated rings. The first-order chi connectivity index (χ1) is 8.75. The molecule has 92 valence electrons. The Morgan fingerprint density at radius 3 is 2.67 bits per heavy atom. The van der Waals surface area contributed by atoms with Crippen molar-refractivity contribution in [1.29, 1.82) is 0 Å². The summed E-state index contributed by atoms with van der Waals surface area (Å²) in [4.78, 5) is 26.3. The molecule has 6 heteroatoms. The van der Waals surface area contributed by atoms with Crippen LogP contribution >= 0.6 is 0 Å². The first-order valence-electron chi connectivity index (χ1n) is 5.48. The van der Waals surface area contributed by atoms with E-state index < -0.39 is 0 Å². The van der Waals surface area contributed by atoms with E-state index >= 15 is 0 Å². The van der Waals surface area contributed by atoms with Crippen molar-refractivity contribution in [2.45, 2.75) is 6.42 Å². The molecule has 18 heavy (non-hydrogen) atoms. The molecule has 0 aliphatic heterocycles. The summed E-state index contributed by atoms with van der Waals surface area (Å²) in [6.07, 6.45) is 4.14. The minimum absolute atomic E-state index is 0.198. The third-order valence-corrected chi connectivity index (χ3v) is 2.36. The van der Waals surface area contributed by atoms with Gasteiger partial charge < -0.3 is 5.32 Å². The second-order valence-electron chi connectivity index (χ2n) is 3.67. The first-order valence-corrected chi connectivity index (χ1v) is 5.48. The lowest BCUT2D eigenvalue weighted by atomic mass is 10.2. The topological polar surface area (TPSA) is 87.7 Å². The van der Waals surface area contributed by atoms with Gasteiger partial charge in [0.25, 0.3) is 11.5 Å². The summed E-state index contributed by atoms with van der Waals surface area (Å²) >= 11 is 0. The van der Waals surface area contributed by atoms with Crippen LogP contribution in [0.4, 0.5) is 0 Å². The fourth-order valence-corrected chi connectivity index (χ4v) is 1.43. The van der Waals surface area contributed by atoms with Crippen molar-refractivity contribution in [3.63, 3.8) is 0 Å². The molecule has 0 radical (unpaired) electrons. The third kappa shape index (κ3) is 3.24. The molecule has 6 nitrogen and oxygen atoms in total. The van der Waals surface area contributed by atoms with Crippen molar-refractivity contribution in [1.82, 2.24) is 20.5 Å². The molecule has 0 unspecified atom stereocenters. The number of hydrogen-bond acceptors (Lipinski definition) is 4. The number of carbonyl (C=O) groups is 1. The van der Waals surface area contributed by atoms with Gasteiger partial charge in [-0.1, -0.05) is 0 Å². The summed E-state index contributed by atoms with van der Waals surface area (Å²) < 4.78 is 0. The van der Waals surface area contributed by atoms with Crippen molar-refractivity contribution in [2.24, 2.45) is 0 Å². The molecule has 2 N–H and O–H groups in total. The number of hydrogen-bond donors (Lipinski definition) is 2. The number of aromatic nitrogens is 3. The van der Waals surface area contributed by atoms with Crippen molar-refractivity contribution in [3.05, 3.63) is 58.3 Å². The second kappa shape index (κ2) is 5.72. The molecule has 0 spiro atoms. The van der Waals surface area contributed by atoms with Gasteiger partial charge in [0.15, 0.2) is 0 Å². The summed E-state index contributed by atoms with van der Waals surface area (Å²) in [5, 5.41) is 8.58. The van der Waals surface area contributed by atoms with Gasteiger partial charge in [-0.25, -0.2) is 5.10 Å². The Morgan fingerprint density at radius 2 is 2.00 bits per heavy atom. The molecule has 2 aromatic heterocycles. The molecule has 1 amide bonds. The summed E-state index contributed by atoms with van der Waals surface area (Å²) in [6.45, 7) is 0.504. The highest BCUT2D eigenvalue weighted by molar-refractivity contribution is 5.91. The smallest absolute Gasteiger partial charge is 0.271 e. The molecule has 2 heterocycles. The maximum atomic E-state index is 11.6. The summed E-state index contributed by atoms with van der Waals surface area (Å²) in [5.41, 5.74) is 0.965. The lowest BCUT2D eigenvalue weighted by Crippen LogP contribution is -2.27. The normalized spacial score (nSPS) is 10.0. The van der Waals surface area contributed by atoms with Gasteiger partial charge in [-0.15, -0.1) is 0 Å². The molecule has 0 bridgehead atoms. The van der Waals surface area contributed by atoms with Crippen LogP contribution in [0.3, 0.4) is 0 Å². The van der Waals surface area contributed by atoms with E-state index in [-0.39, 0.29) is 17.2 Å². The highest BCUT2D eigenvalue weighted by Crippen LogP contribution is 1.96. The molecule has 2 rings (SSSR count). The summed E-state index contributed by atoms with van der Waals surface area (Å²) in [6, 6.07) is 6.44. The summed E-state index contributed by atoms with van der Waals surface area (Å²) in [7, 11) is 0. The Hall–Kier alpha value is -2.50. The fraction of sp³-hybridized carbons (Fsp3) is 0.167. The zero-order chi connectivity index (χ0) is 12.8. The summed E-state index contributed by atoms with van der Waals surface area (Å²) in [5.74, 6) is -0.305. The van der Waals surface area contributed by atoms with Gasteiger partial charge in [0.1, 0.15) is 5.69 Å². The van der Waals surface area contributed by atoms with Crippen molar-refractivity contribution < 1.29 is 4.79 Å². The van der Waals surface area contributed by atoms with Gasteiger partial charge in [0, 0.05) is 25.0 Å². The van der Waals surface area contributed by atoms with Crippen LogP contribution in [0, 0.1) is 0 Å². The van der Waals surface area contributed by atoms with E-state index in [2.05, 4.69) is 20.5 Å². The molecular weight excluding hydrogens is 232 g/mol. The lowest BCUT2D eigenvalue weighted by molar-refractivity contribution is 0.0948. The monoisotopic (exact) mass is 244 g/mol. The van der Waals surface area contributed by atoms with Gasteiger partial charge in [0.2, 0.25) is 0 Å². The van der Waals surface area contributed by atoms with Gasteiger partial charge in [-0.05, 0) is 30.2 Å². The van der Waals surface area contributed by atoms with Crippen LogP contribution in [-0.2, 0) is 6.42 Å². The van der Waals surface area contributed by atoms with Gasteiger partial charge >= 0.3 is 0 Å². The van der Waals surface area contributed by atoms with Crippen LogP contribution in [0.25, 0.3) is 0 Å². The van der Waals surface area contributed by atoms with E-state index in [1.54, 1.807) is 12.4 Å². The quantitative estimate of drug-likeness (QED) is 0.800. The maximum Gasteiger partial charge on any atom is 0.271 e. The first kappa shape index (κ1) is 12.0. The van der Waals surface area contributed by atoms with Gasteiger partial charge in [-0.3, -0.25) is 14.6 Å². The van der Waals surface area contributed by atoms with E-state index in [0.29, 0.717) is 6.54 Å². The van der Waals surface area contributed by atoms with Gasteiger partial charge in [-0.2, -0.15) is 5.10 Å². The predicted molar refractivity (Wildman–Crippen MR) is 65.1 cm³/mol. The van der Waals surface area contributed by atoms with Gasteiger partial charge in [0.05, 0.1) is 0 Å². The van der Waals surface area contributed by atoms with Crippen molar-refractivity contribution >= 4 is 5.91 Å². The van der Waals surface area contributed by atoms with Crippen molar-refractivity contribution in [3.8, 4) is 0 Å². The average molecular weight is 244 g/mol. The Labute approximate surface area is 103 Å². The van der Waals surface area contributed by atoms with Crippen molar-refractivity contribution in [2.75, 3.05) is 6.54 Å². The molecular formula is C12H12N4O2. The molecule has 0 saturated heterocycles. The standard InChI is InChI=1S/C12H12N4O2/c17-11-2-1-10(15-16-11)12(18)14-8-5-9-3-6-13-7-4-9/h1-4,6-7H,5,8H2,(H,14,18)(H,16,17). The highest BCUT2D eigenvalue weighted by atomic mass is 16.2. The number of nitrogens with one attached hydrogen (secondary N) is 2. The van der Waals surface area contributed by atoms with E-state index in [9.17, 15) is 9.59 Å². The van der Waals surface area contributed by atoms with Crippen LogP contribution in [0.15, 0.2) is 41.5 Å². The minimum atomic E-state index is -0.330. The van der Waals surface area contributed by atoms with E-state index in [0.717, 1.165) is 12.0 Å². The van der Waals surface area contributed by atoms with Crippen LogP contribution < -0.4 is 10.9 Å². The SMILES string of the molecule is O=C(NCCc1ccncc1)c1ccc(=O)[nH]n1. The molecule has 0 aliphatic rings. The van der Waals surface area contributed by atoms with E-state index in [4.69, 9.17) is 0 Å². The molecule has 0 saturated carbocycles. The number of rotatable bonds is 4. The molecule has 0 aliphatic carbocycles. The Bertz CT molecular complexity index is 560. The van der Waals surface area contributed by atoms with E-state index in [1.807, 2.05) is 12.1 Å². The largest absolute Gasteiger partial charge is 0.350 e. The zero-order valence-corrected chi connectivity index (χ0v) is 9.59. The average Bonchev–Trinajstić information content (AvgIpc) is 2.40. The number of H-pyrrole nitrogens is 1. The fourth-order valence-electron chi connectivity index (χ4n) is 1.43. The Balaban J connectivity index is 1.85. The molecule has 2 aromatic rings. The number of carbonyl (C=O) groups excluding carboxylic acids is 1. The second-order valence-corrected chi connectivity index (χ2v) is 3.67. The maximum absolute atomic E-state index is 11.6. The predicted octanol–water partition coefficient (Wildman–Crippen LogP) is 0.137. The van der Waals surface area contributed by atoms with Crippen LogP contribution in [0.2, 0.25) is 0 Å². The van der Waals surface area contributed by atoms with E-state index in [1.165, 1.54) is 12.1 Å². The van der Waals surface area contributed by atoms with Crippen LogP contribution in [-0.4, -0.2) is 27.6 Å². The zero-order valence-electron chi connectivity index (χ0n) is 9.59. The number of amides is 1. The molecule has 0 aromatic carbocycles. The third-order valence-electron chi connectivity index (χ3n) is 2.36. The van der Waals surface area contributed by atoms with Crippen LogP contribution in [0.1, 0.15) is 16.1 Å². The highest BCUT2D eigenvalue weighted by Gasteiger charge is 2.05. The number of pyridine rings is 1. The Morgan fingerprint density at radius 1 is 1.22 bits per heavy atom.